The first-order valence-electron chi connectivity index (χ1n) is 7.45. The number of hydrogen-bond donors (Lipinski definition) is 1. The Hall–Kier alpha value is -1.65. The summed E-state index contributed by atoms with van der Waals surface area (Å²) in [4.78, 5) is 8.25. The first kappa shape index (κ1) is 14.3. The number of nitrogens with one attached hydrogen (secondary N) is 1. The summed E-state index contributed by atoms with van der Waals surface area (Å²) >= 11 is 1.84. The van der Waals surface area contributed by atoms with Crippen molar-refractivity contribution >= 4 is 22.7 Å². The Kier molecular flexibility index (Phi) is 4.68. The van der Waals surface area contributed by atoms with Gasteiger partial charge in [0.05, 0.1) is 0 Å². The second-order valence-corrected chi connectivity index (χ2v) is 6.34. The number of rotatable bonds is 5. The van der Waals surface area contributed by atoms with E-state index in [0.29, 0.717) is 6.04 Å². The normalized spacial score (nSPS) is 17.3. The predicted octanol–water partition coefficient (Wildman–Crippen LogP) is 3.73. The SMILES string of the molecule is C[C@H](CNc1ccccn1)N1CC=C(c2cccs2)CC1. The van der Waals surface area contributed by atoms with Crippen LogP contribution in [0.15, 0.2) is 48.0 Å². The van der Waals surface area contributed by atoms with Gasteiger partial charge in [0.2, 0.25) is 0 Å². The van der Waals surface area contributed by atoms with Crippen molar-refractivity contribution in [1.29, 1.82) is 0 Å². The van der Waals surface area contributed by atoms with Crippen molar-refractivity contribution in [2.75, 3.05) is 25.0 Å². The lowest BCUT2D eigenvalue weighted by Crippen LogP contribution is -2.40. The Balaban J connectivity index is 1.52. The number of thiophene rings is 1. The van der Waals surface area contributed by atoms with Gasteiger partial charge < -0.3 is 5.32 Å². The molecular weight excluding hydrogens is 278 g/mol. The minimum atomic E-state index is 0.508. The largest absolute Gasteiger partial charge is 0.369 e. The summed E-state index contributed by atoms with van der Waals surface area (Å²) < 4.78 is 0. The Labute approximate surface area is 130 Å². The van der Waals surface area contributed by atoms with Crippen LogP contribution >= 0.6 is 11.3 Å². The third-order valence-corrected chi connectivity index (χ3v) is 4.89. The van der Waals surface area contributed by atoms with Crippen LogP contribution in [0.2, 0.25) is 0 Å². The summed E-state index contributed by atoms with van der Waals surface area (Å²) in [5, 5.41) is 5.56. The van der Waals surface area contributed by atoms with Crippen LogP contribution in [0.1, 0.15) is 18.2 Å². The van der Waals surface area contributed by atoms with Crippen molar-refractivity contribution in [3.05, 3.63) is 52.9 Å². The number of nitrogens with zero attached hydrogens (tertiary/aromatic N) is 2. The molecule has 21 heavy (non-hydrogen) atoms. The van der Waals surface area contributed by atoms with Gasteiger partial charge in [-0.05, 0) is 42.5 Å². The zero-order valence-corrected chi connectivity index (χ0v) is 13.1. The van der Waals surface area contributed by atoms with Crippen LogP contribution in [-0.4, -0.2) is 35.6 Å². The maximum atomic E-state index is 4.30. The van der Waals surface area contributed by atoms with Crippen molar-refractivity contribution in [2.45, 2.75) is 19.4 Å². The van der Waals surface area contributed by atoms with Crippen LogP contribution in [-0.2, 0) is 0 Å². The summed E-state index contributed by atoms with van der Waals surface area (Å²) in [6.07, 6.45) is 5.35. The standard InChI is InChI=1S/C17H21N3S/c1-14(13-19-17-6-2-3-9-18-17)20-10-7-15(8-11-20)16-5-4-12-21-16/h2-7,9,12,14H,8,10-11,13H2,1H3,(H,18,19)/t14-/m1/s1. The molecule has 0 unspecified atom stereocenters. The number of anilines is 1. The molecule has 2 aromatic heterocycles. The van der Waals surface area contributed by atoms with Gasteiger partial charge in [-0.3, -0.25) is 4.90 Å². The average molecular weight is 299 g/mol. The van der Waals surface area contributed by atoms with Crippen LogP contribution in [0.3, 0.4) is 0 Å². The molecule has 3 nitrogen and oxygen atoms in total. The first-order valence-corrected chi connectivity index (χ1v) is 8.33. The molecular formula is C17H21N3S. The molecule has 1 N–H and O–H groups in total. The van der Waals surface area contributed by atoms with Crippen molar-refractivity contribution in [2.24, 2.45) is 0 Å². The lowest BCUT2D eigenvalue weighted by Gasteiger charge is -2.31. The Bertz CT molecular complexity index is 577. The second-order valence-electron chi connectivity index (χ2n) is 5.40. The molecule has 0 saturated heterocycles. The van der Waals surface area contributed by atoms with E-state index < -0.39 is 0 Å². The van der Waals surface area contributed by atoms with Crippen LogP contribution in [0.5, 0.6) is 0 Å². The van der Waals surface area contributed by atoms with E-state index in [0.717, 1.165) is 31.9 Å². The molecule has 0 aliphatic carbocycles. The molecule has 0 fully saturated rings. The highest BCUT2D eigenvalue weighted by atomic mass is 32.1. The molecule has 0 radical (unpaired) electrons. The lowest BCUT2D eigenvalue weighted by atomic mass is 10.1. The molecule has 0 amide bonds. The van der Waals surface area contributed by atoms with E-state index in [2.05, 4.69) is 45.7 Å². The molecule has 0 saturated carbocycles. The minimum Gasteiger partial charge on any atom is -0.369 e. The van der Waals surface area contributed by atoms with Crippen molar-refractivity contribution in [3.8, 4) is 0 Å². The topological polar surface area (TPSA) is 28.2 Å². The molecule has 1 aliphatic rings. The third kappa shape index (κ3) is 3.71. The van der Waals surface area contributed by atoms with Gasteiger partial charge >= 0.3 is 0 Å². The zero-order chi connectivity index (χ0) is 14.5. The van der Waals surface area contributed by atoms with E-state index in [1.54, 1.807) is 0 Å². The third-order valence-electron chi connectivity index (χ3n) is 3.95. The molecule has 0 spiro atoms. The van der Waals surface area contributed by atoms with Crippen LogP contribution in [0, 0.1) is 0 Å². The fourth-order valence-corrected chi connectivity index (χ4v) is 3.42. The smallest absolute Gasteiger partial charge is 0.125 e. The summed E-state index contributed by atoms with van der Waals surface area (Å²) in [6, 6.07) is 10.8. The minimum absolute atomic E-state index is 0.508. The highest BCUT2D eigenvalue weighted by Gasteiger charge is 2.18. The monoisotopic (exact) mass is 299 g/mol. The van der Waals surface area contributed by atoms with Gasteiger partial charge in [0.1, 0.15) is 5.82 Å². The van der Waals surface area contributed by atoms with E-state index in [-0.39, 0.29) is 0 Å². The molecule has 4 heteroatoms. The average Bonchev–Trinajstić information content (AvgIpc) is 3.08. The Morgan fingerprint density at radius 1 is 1.33 bits per heavy atom. The van der Waals surface area contributed by atoms with Gasteiger partial charge in [0.25, 0.3) is 0 Å². The van der Waals surface area contributed by atoms with Crippen molar-refractivity contribution in [1.82, 2.24) is 9.88 Å². The van der Waals surface area contributed by atoms with Crippen LogP contribution in [0.25, 0.3) is 5.57 Å². The molecule has 3 heterocycles. The van der Waals surface area contributed by atoms with Gasteiger partial charge in [-0.25, -0.2) is 4.98 Å². The van der Waals surface area contributed by atoms with E-state index in [1.165, 1.54) is 10.5 Å². The summed E-state index contributed by atoms with van der Waals surface area (Å²) in [7, 11) is 0. The number of aromatic nitrogens is 1. The quantitative estimate of drug-likeness (QED) is 0.912. The fraction of sp³-hybridized carbons (Fsp3) is 0.353. The Morgan fingerprint density at radius 2 is 2.29 bits per heavy atom. The fourth-order valence-electron chi connectivity index (χ4n) is 2.62. The molecule has 1 aliphatic heterocycles. The summed E-state index contributed by atoms with van der Waals surface area (Å²) in [5.74, 6) is 0.955. The highest BCUT2D eigenvalue weighted by Crippen LogP contribution is 2.26. The van der Waals surface area contributed by atoms with E-state index in [1.807, 2.05) is 35.7 Å². The molecule has 0 bridgehead atoms. The van der Waals surface area contributed by atoms with Crippen molar-refractivity contribution < 1.29 is 0 Å². The molecule has 0 aromatic carbocycles. The van der Waals surface area contributed by atoms with Gasteiger partial charge in [-0.2, -0.15) is 0 Å². The lowest BCUT2D eigenvalue weighted by molar-refractivity contribution is 0.239. The summed E-state index contributed by atoms with van der Waals surface area (Å²) in [6.45, 7) is 5.38. The maximum absolute atomic E-state index is 4.30. The zero-order valence-electron chi connectivity index (χ0n) is 12.3. The van der Waals surface area contributed by atoms with Gasteiger partial charge in [-0.15, -0.1) is 11.3 Å². The van der Waals surface area contributed by atoms with Gasteiger partial charge in [-0.1, -0.05) is 18.2 Å². The van der Waals surface area contributed by atoms with Gasteiger partial charge in [0.15, 0.2) is 0 Å². The molecule has 2 aromatic rings. The molecule has 3 rings (SSSR count). The molecule has 110 valence electrons. The van der Waals surface area contributed by atoms with Crippen molar-refractivity contribution in [3.63, 3.8) is 0 Å². The summed E-state index contributed by atoms with van der Waals surface area (Å²) in [5.41, 5.74) is 1.51. The molecule has 1 atom stereocenters. The van der Waals surface area contributed by atoms with Crippen LogP contribution in [0.4, 0.5) is 5.82 Å². The number of pyridine rings is 1. The predicted molar refractivity (Wildman–Crippen MR) is 90.7 cm³/mol. The Morgan fingerprint density at radius 3 is 2.95 bits per heavy atom. The van der Waals surface area contributed by atoms with E-state index in [4.69, 9.17) is 0 Å². The van der Waals surface area contributed by atoms with E-state index >= 15 is 0 Å². The second kappa shape index (κ2) is 6.87. The van der Waals surface area contributed by atoms with E-state index in [9.17, 15) is 0 Å². The highest BCUT2D eigenvalue weighted by molar-refractivity contribution is 7.11. The number of hydrogen-bond acceptors (Lipinski definition) is 4. The van der Waals surface area contributed by atoms with Crippen LogP contribution < -0.4 is 5.32 Å². The first-order chi connectivity index (χ1) is 10.3. The maximum Gasteiger partial charge on any atom is 0.125 e. The van der Waals surface area contributed by atoms with Gasteiger partial charge in [0, 0.05) is 36.8 Å².